The number of rotatable bonds is 3. The number of benzene rings is 1. The summed E-state index contributed by atoms with van der Waals surface area (Å²) in [6.45, 7) is 9.25. The van der Waals surface area contributed by atoms with Crippen LogP contribution in [0.4, 0.5) is 5.69 Å². The van der Waals surface area contributed by atoms with E-state index in [2.05, 4.69) is 52.0 Å². The summed E-state index contributed by atoms with van der Waals surface area (Å²) in [5.74, 6) is 0.699. The number of aryl methyl sites for hydroxylation is 1. The fraction of sp³-hybridized carbons (Fsp3) is 0.467. The smallest absolute Gasteiger partial charge is 0.230 e. The van der Waals surface area contributed by atoms with Crippen LogP contribution >= 0.6 is 0 Å². The number of hydrogen-bond acceptors (Lipinski definition) is 5. The summed E-state index contributed by atoms with van der Waals surface area (Å²) in [4.78, 5) is 4.82. The van der Waals surface area contributed by atoms with Crippen LogP contribution in [0, 0.1) is 13.8 Å². The van der Waals surface area contributed by atoms with Gasteiger partial charge in [0.2, 0.25) is 12.3 Å². The summed E-state index contributed by atoms with van der Waals surface area (Å²) in [5.41, 5.74) is 4.11. The minimum Gasteiger partial charge on any atom is -0.427 e. The molecule has 1 aliphatic rings. The Morgan fingerprint density at radius 2 is 1.95 bits per heavy atom. The lowest BCUT2D eigenvalue weighted by atomic mass is 10.1. The van der Waals surface area contributed by atoms with Crippen molar-refractivity contribution in [3.63, 3.8) is 0 Å². The van der Waals surface area contributed by atoms with Crippen molar-refractivity contribution in [2.45, 2.75) is 20.4 Å². The van der Waals surface area contributed by atoms with Gasteiger partial charge in [-0.25, -0.2) is 0 Å². The summed E-state index contributed by atoms with van der Waals surface area (Å²) in [6.07, 6.45) is 1.39. The van der Waals surface area contributed by atoms with Crippen molar-refractivity contribution in [3.8, 4) is 0 Å². The van der Waals surface area contributed by atoms with Crippen LogP contribution in [-0.2, 0) is 6.54 Å². The molecule has 2 heterocycles. The first-order valence-corrected chi connectivity index (χ1v) is 7.02. The minimum atomic E-state index is 0.699. The molecule has 0 aliphatic carbocycles. The van der Waals surface area contributed by atoms with Crippen molar-refractivity contribution in [2.24, 2.45) is 0 Å². The average Bonchev–Trinajstić information content (AvgIpc) is 2.96. The van der Waals surface area contributed by atoms with Crippen LogP contribution in [0.2, 0.25) is 0 Å². The molecule has 5 heteroatoms. The van der Waals surface area contributed by atoms with Gasteiger partial charge in [0.05, 0.1) is 6.54 Å². The third-order valence-corrected chi connectivity index (χ3v) is 4.05. The first-order valence-electron chi connectivity index (χ1n) is 7.02. The van der Waals surface area contributed by atoms with Crippen molar-refractivity contribution in [1.82, 2.24) is 15.1 Å². The second kappa shape index (κ2) is 5.63. The lowest BCUT2D eigenvalue weighted by Gasteiger charge is -2.36. The van der Waals surface area contributed by atoms with Crippen LogP contribution < -0.4 is 4.90 Å². The molecule has 5 nitrogen and oxygen atoms in total. The van der Waals surface area contributed by atoms with E-state index < -0.39 is 0 Å². The molecule has 0 radical (unpaired) electrons. The van der Waals surface area contributed by atoms with Crippen molar-refractivity contribution >= 4 is 5.69 Å². The van der Waals surface area contributed by atoms with E-state index in [1.165, 1.54) is 23.2 Å². The van der Waals surface area contributed by atoms with Crippen LogP contribution in [0.5, 0.6) is 0 Å². The lowest BCUT2D eigenvalue weighted by molar-refractivity contribution is 0.226. The van der Waals surface area contributed by atoms with Gasteiger partial charge >= 0.3 is 0 Å². The van der Waals surface area contributed by atoms with Crippen molar-refractivity contribution < 1.29 is 4.42 Å². The average molecular weight is 272 g/mol. The maximum atomic E-state index is 5.21. The molecule has 1 aromatic carbocycles. The third kappa shape index (κ3) is 2.67. The van der Waals surface area contributed by atoms with Crippen LogP contribution in [0.25, 0.3) is 0 Å². The second-order valence-corrected chi connectivity index (χ2v) is 5.31. The molecule has 1 aromatic heterocycles. The molecule has 0 bridgehead atoms. The fourth-order valence-electron chi connectivity index (χ4n) is 2.68. The van der Waals surface area contributed by atoms with E-state index in [1.807, 2.05) is 0 Å². The molecular weight excluding hydrogens is 252 g/mol. The van der Waals surface area contributed by atoms with Gasteiger partial charge in [-0.3, -0.25) is 4.90 Å². The molecular formula is C15H20N4O. The van der Waals surface area contributed by atoms with E-state index >= 15 is 0 Å². The molecule has 0 spiro atoms. The third-order valence-electron chi connectivity index (χ3n) is 4.05. The quantitative estimate of drug-likeness (QED) is 0.855. The molecule has 3 rings (SSSR count). The molecule has 0 saturated carbocycles. The highest BCUT2D eigenvalue weighted by atomic mass is 16.4. The van der Waals surface area contributed by atoms with Crippen molar-refractivity contribution in [1.29, 1.82) is 0 Å². The number of piperazine rings is 1. The summed E-state index contributed by atoms with van der Waals surface area (Å²) in [7, 11) is 0. The Hall–Kier alpha value is -1.88. The predicted octanol–water partition coefficient (Wildman–Crippen LogP) is 2.01. The minimum absolute atomic E-state index is 0.699. The summed E-state index contributed by atoms with van der Waals surface area (Å²) >= 11 is 0. The van der Waals surface area contributed by atoms with Gasteiger partial charge in [-0.05, 0) is 31.0 Å². The summed E-state index contributed by atoms with van der Waals surface area (Å²) < 4.78 is 5.21. The van der Waals surface area contributed by atoms with E-state index in [4.69, 9.17) is 4.42 Å². The molecule has 2 aromatic rings. The van der Waals surface area contributed by atoms with E-state index in [-0.39, 0.29) is 0 Å². The summed E-state index contributed by atoms with van der Waals surface area (Å²) in [5, 5.41) is 7.66. The first kappa shape index (κ1) is 13.1. The van der Waals surface area contributed by atoms with Crippen LogP contribution in [-0.4, -0.2) is 41.3 Å². The Labute approximate surface area is 119 Å². The van der Waals surface area contributed by atoms with Crippen LogP contribution in [0.3, 0.4) is 0 Å². The zero-order valence-electron chi connectivity index (χ0n) is 12.0. The number of aromatic nitrogens is 2. The van der Waals surface area contributed by atoms with Crippen molar-refractivity contribution in [2.75, 3.05) is 31.1 Å². The van der Waals surface area contributed by atoms with E-state index in [1.54, 1.807) is 0 Å². The molecule has 1 fully saturated rings. The zero-order valence-corrected chi connectivity index (χ0v) is 12.0. The van der Waals surface area contributed by atoms with Gasteiger partial charge in [-0.2, -0.15) is 0 Å². The Bertz CT molecular complexity index is 559. The number of hydrogen-bond donors (Lipinski definition) is 0. The predicted molar refractivity (Wildman–Crippen MR) is 77.7 cm³/mol. The van der Waals surface area contributed by atoms with Crippen LogP contribution in [0.15, 0.2) is 29.0 Å². The SMILES string of the molecule is Cc1cccc(N2CCN(Cc3nnco3)CC2)c1C. The monoisotopic (exact) mass is 272 g/mol. The highest BCUT2D eigenvalue weighted by Gasteiger charge is 2.19. The fourth-order valence-corrected chi connectivity index (χ4v) is 2.68. The topological polar surface area (TPSA) is 45.4 Å². The van der Waals surface area contributed by atoms with Gasteiger partial charge in [0.25, 0.3) is 0 Å². The Kier molecular flexibility index (Phi) is 3.69. The highest BCUT2D eigenvalue weighted by molar-refractivity contribution is 5.56. The summed E-state index contributed by atoms with van der Waals surface area (Å²) in [6, 6.07) is 6.53. The number of nitrogens with zero attached hydrogens (tertiary/aromatic N) is 4. The normalized spacial score (nSPS) is 16.6. The Balaban J connectivity index is 1.62. The molecule has 20 heavy (non-hydrogen) atoms. The number of anilines is 1. The van der Waals surface area contributed by atoms with Gasteiger partial charge in [-0.15, -0.1) is 10.2 Å². The maximum Gasteiger partial charge on any atom is 0.230 e. The second-order valence-electron chi connectivity index (χ2n) is 5.31. The van der Waals surface area contributed by atoms with Crippen molar-refractivity contribution in [3.05, 3.63) is 41.6 Å². The van der Waals surface area contributed by atoms with Gasteiger partial charge in [0.15, 0.2) is 0 Å². The van der Waals surface area contributed by atoms with Gasteiger partial charge in [0, 0.05) is 31.9 Å². The molecule has 0 amide bonds. The standard InChI is InChI=1S/C15H20N4O/c1-12-4-3-5-14(13(12)2)19-8-6-18(7-9-19)10-15-17-16-11-20-15/h3-5,11H,6-10H2,1-2H3. The molecule has 0 N–H and O–H groups in total. The Morgan fingerprint density at radius 3 is 2.65 bits per heavy atom. The van der Waals surface area contributed by atoms with Gasteiger partial charge in [0.1, 0.15) is 0 Å². The maximum absolute atomic E-state index is 5.21. The largest absolute Gasteiger partial charge is 0.427 e. The Morgan fingerprint density at radius 1 is 1.15 bits per heavy atom. The van der Waals surface area contributed by atoms with E-state index in [0.717, 1.165) is 32.7 Å². The molecule has 1 saturated heterocycles. The molecule has 0 atom stereocenters. The molecule has 1 aliphatic heterocycles. The highest BCUT2D eigenvalue weighted by Crippen LogP contribution is 2.24. The van der Waals surface area contributed by atoms with Gasteiger partial charge < -0.3 is 9.32 Å². The van der Waals surface area contributed by atoms with E-state index in [0.29, 0.717) is 5.89 Å². The molecule has 106 valence electrons. The lowest BCUT2D eigenvalue weighted by Crippen LogP contribution is -2.46. The molecule has 0 unspecified atom stereocenters. The van der Waals surface area contributed by atoms with Gasteiger partial charge in [-0.1, -0.05) is 12.1 Å². The zero-order chi connectivity index (χ0) is 13.9. The first-order chi connectivity index (χ1) is 9.74. The van der Waals surface area contributed by atoms with E-state index in [9.17, 15) is 0 Å². The van der Waals surface area contributed by atoms with Crippen LogP contribution in [0.1, 0.15) is 17.0 Å².